The molecule has 1 aromatic rings. The highest BCUT2D eigenvalue weighted by Gasteiger charge is 2.08. The van der Waals surface area contributed by atoms with Gasteiger partial charge in [0.2, 0.25) is 0 Å². The maximum Gasteiger partial charge on any atom is 0.312 e. The first-order chi connectivity index (χ1) is 9.58. The monoisotopic (exact) mass is 279 g/mol. The van der Waals surface area contributed by atoms with Crippen LogP contribution in [-0.4, -0.2) is 31.3 Å². The average molecular weight is 279 g/mol. The van der Waals surface area contributed by atoms with Crippen LogP contribution in [0.3, 0.4) is 0 Å². The third-order valence-electron chi connectivity index (χ3n) is 2.92. The van der Waals surface area contributed by atoms with Crippen LogP contribution in [0.4, 0.5) is 4.79 Å². The van der Waals surface area contributed by atoms with Gasteiger partial charge in [-0.1, -0.05) is 18.2 Å². The zero-order chi connectivity index (χ0) is 14.8. The van der Waals surface area contributed by atoms with Crippen molar-refractivity contribution < 1.29 is 9.53 Å². The number of rotatable bonds is 9. The number of nitrogens with two attached hydrogens (primary N) is 1. The van der Waals surface area contributed by atoms with Gasteiger partial charge >= 0.3 is 6.03 Å². The van der Waals surface area contributed by atoms with Crippen LogP contribution >= 0.6 is 0 Å². The molecule has 0 saturated heterocycles. The molecule has 2 unspecified atom stereocenters. The molecule has 5 nitrogen and oxygen atoms in total. The molecule has 0 aliphatic carbocycles. The van der Waals surface area contributed by atoms with Gasteiger partial charge in [-0.05, 0) is 45.4 Å². The number of hydrogen-bond acceptors (Lipinski definition) is 3. The molecule has 5 heteroatoms. The average Bonchev–Trinajstić information content (AvgIpc) is 2.38. The van der Waals surface area contributed by atoms with Crippen LogP contribution < -0.4 is 21.1 Å². The van der Waals surface area contributed by atoms with Crippen molar-refractivity contribution in [3.8, 4) is 5.75 Å². The number of amides is 2. The summed E-state index contributed by atoms with van der Waals surface area (Å²) in [5, 5.41) is 6.07. The van der Waals surface area contributed by atoms with Gasteiger partial charge in [0, 0.05) is 12.1 Å². The summed E-state index contributed by atoms with van der Waals surface area (Å²) in [4.78, 5) is 10.7. The van der Waals surface area contributed by atoms with Crippen LogP contribution in [0.15, 0.2) is 30.3 Å². The van der Waals surface area contributed by atoms with Crippen LogP contribution in [0.25, 0.3) is 0 Å². The van der Waals surface area contributed by atoms with Crippen LogP contribution in [0, 0.1) is 0 Å². The minimum absolute atomic E-state index is 0.0792. The van der Waals surface area contributed by atoms with Crippen molar-refractivity contribution in [2.45, 2.75) is 38.8 Å². The van der Waals surface area contributed by atoms with E-state index in [4.69, 9.17) is 10.5 Å². The topological polar surface area (TPSA) is 76.4 Å². The Morgan fingerprint density at radius 3 is 2.60 bits per heavy atom. The highest BCUT2D eigenvalue weighted by Crippen LogP contribution is 2.08. The number of ether oxygens (including phenoxy) is 1. The summed E-state index contributed by atoms with van der Waals surface area (Å²) in [6, 6.07) is 9.73. The quantitative estimate of drug-likeness (QED) is 0.604. The van der Waals surface area contributed by atoms with E-state index in [-0.39, 0.29) is 6.04 Å². The second kappa shape index (κ2) is 9.20. The van der Waals surface area contributed by atoms with Crippen LogP contribution in [0.5, 0.6) is 5.75 Å². The lowest BCUT2D eigenvalue weighted by atomic mass is 10.1. The third-order valence-corrected chi connectivity index (χ3v) is 2.92. The van der Waals surface area contributed by atoms with Gasteiger partial charge in [-0.3, -0.25) is 0 Å². The van der Waals surface area contributed by atoms with E-state index in [1.807, 2.05) is 37.3 Å². The number of primary amides is 1. The van der Waals surface area contributed by atoms with E-state index in [9.17, 15) is 4.79 Å². The lowest BCUT2D eigenvalue weighted by molar-refractivity contribution is 0.244. The van der Waals surface area contributed by atoms with Crippen molar-refractivity contribution in [2.24, 2.45) is 5.73 Å². The number of nitrogens with one attached hydrogen (secondary N) is 2. The molecule has 0 heterocycles. The molecule has 112 valence electrons. The Morgan fingerprint density at radius 2 is 1.95 bits per heavy atom. The molecule has 0 aromatic heterocycles. The molecule has 0 spiro atoms. The molecule has 1 rings (SSSR count). The highest BCUT2D eigenvalue weighted by atomic mass is 16.5. The maximum absolute atomic E-state index is 10.7. The lowest BCUT2D eigenvalue weighted by Gasteiger charge is -2.19. The van der Waals surface area contributed by atoms with E-state index in [1.165, 1.54) is 0 Å². The Labute approximate surface area is 120 Å². The largest absolute Gasteiger partial charge is 0.494 e. The molecule has 0 aliphatic heterocycles. The molecular formula is C15H25N3O2. The number of benzene rings is 1. The Morgan fingerprint density at radius 1 is 1.25 bits per heavy atom. The predicted octanol–water partition coefficient (Wildman–Crippen LogP) is 1.88. The van der Waals surface area contributed by atoms with Crippen molar-refractivity contribution in [3.05, 3.63) is 30.3 Å². The molecule has 4 N–H and O–H groups in total. The van der Waals surface area contributed by atoms with Crippen LogP contribution in [-0.2, 0) is 0 Å². The minimum Gasteiger partial charge on any atom is -0.494 e. The fraction of sp³-hybridized carbons (Fsp3) is 0.533. The number of carbonyl (C=O) groups excluding carboxylic acids is 1. The summed E-state index contributed by atoms with van der Waals surface area (Å²) in [6.45, 7) is 5.62. The molecule has 0 radical (unpaired) electrons. The van der Waals surface area contributed by atoms with E-state index in [2.05, 4.69) is 17.6 Å². The predicted molar refractivity (Wildman–Crippen MR) is 80.8 cm³/mol. The standard InChI is InChI=1S/C15H25N3O2/c1-12(11-13(2)18-15(16)19)17-9-6-10-20-14-7-4-3-5-8-14/h3-5,7-8,12-13,17H,6,9-11H2,1-2H3,(H3,16,18,19). The number of urea groups is 1. The molecule has 0 aliphatic rings. The normalized spacial score (nSPS) is 13.5. The van der Waals surface area contributed by atoms with Crippen LogP contribution in [0.2, 0.25) is 0 Å². The first-order valence-electron chi connectivity index (χ1n) is 7.05. The van der Waals surface area contributed by atoms with E-state index in [0.29, 0.717) is 12.6 Å². The molecule has 0 fully saturated rings. The van der Waals surface area contributed by atoms with Crippen molar-refractivity contribution >= 4 is 6.03 Å². The third kappa shape index (κ3) is 7.63. The van der Waals surface area contributed by atoms with Crippen LogP contribution in [0.1, 0.15) is 26.7 Å². The lowest BCUT2D eigenvalue weighted by Crippen LogP contribution is -2.41. The maximum atomic E-state index is 10.7. The Balaban J connectivity index is 2.04. The summed E-state index contributed by atoms with van der Waals surface area (Å²) in [6.07, 6.45) is 1.79. The smallest absolute Gasteiger partial charge is 0.312 e. The summed E-state index contributed by atoms with van der Waals surface area (Å²) in [5.74, 6) is 0.903. The highest BCUT2D eigenvalue weighted by molar-refractivity contribution is 5.71. The van der Waals surface area contributed by atoms with E-state index in [1.54, 1.807) is 0 Å². The van der Waals surface area contributed by atoms with E-state index >= 15 is 0 Å². The summed E-state index contributed by atoms with van der Waals surface area (Å²) in [7, 11) is 0. The number of carbonyl (C=O) groups is 1. The molecule has 0 bridgehead atoms. The first-order valence-corrected chi connectivity index (χ1v) is 7.05. The van der Waals surface area contributed by atoms with E-state index < -0.39 is 6.03 Å². The molecule has 2 atom stereocenters. The molecular weight excluding hydrogens is 254 g/mol. The summed E-state index contributed by atoms with van der Waals surface area (Å²) < 4.78 is 5.61. The second-order valence-corrected chi connectivity index (χ2v) is 5.02. The van der Waals surface area contributed by atoms with Crippen molar-refractivity contribution in [1.82, 2.24) is 10.6 Å². The Bertz CT molecular complexity index is 384. The first kappa shape index (κ1) is 16.3. The van der Waals surface area contributed by atoms with Gasteiger partial charge in [-0.25, -0.2) is 4.79 Å². The van der Waals surface area contributed by atoms with Crippen molar-refractivity contribution in [3.63, 3.8) is 0 Å². The number of hydrogen-bond donors (Lipinski definition) is 3. The van der Waals surface area contributed by atoms with E-state index in [0.717, 1.165) is 25.1 Å². The molecule has 1 aromatic carbocycles. The fourth-order valence-corrected chi connectivity index (χ4v) is 2.04. The number of para-hydroxylation sites is 1. The van der Waals surface area contributed by atoms with Crippen molar-refractivity contribution in [1.29, 1.82) is 0 Å². The van der Waals surface area contributed by atoms with Gasteiger partial charge in [-0.15, -0.1) is 0 Å². The van der Waals surface area contributed by atoms with Crippen molar-refractivity contribution in [2.75, 3.05) is 13.2 Å². The zero-order valence-corrected chi connectivity index (χ0v) is 12.3. The second-order valence-electron chi connectivity index (χ2n) is 5.02. The van der Waals surface area contributed by atoms with Gasteiger partial charge < -0.3 is 21.1 Å². The molecule has 2 amide bonds. The minimum atomic E-state index is -0.471. The summed E-state index contributed by atoms with van der Waals surface area (Å²) >= 11 is 0. The zero-order valence-electron chi connectivity index (χ0n) is 12.3. The summed E-state index contributed by atoms with van der Waals surface area (Å²) in [5.41, 5.74) is 5.08. The van der Waals surface area contributed by atoms with Gasteiger partial charge in [-0.2, -0.15) is 0 Å². The Kier molecular flexibility index (Phi) is 7.50. The SMILES string of the molecule is CC(CC(C)NC(N)=O)NCCCOc1ccccc1. The molecule has 20 heavy (non-hydrogen) atoms. The fourth-order valence-electron chi connectivity index (χ4n) is 2.04. The van der Waals surface area contributed by atoms with Gasteiger partial charge in [0.15, 0.2) is 0 Å². The van der Waals surface area contributed by atoms with Gasteiger partial charge in [0.25, 0.3) is 0 Å². The Hall–Kier alpha value is -1.75. The molecule has 0 saturated carbocycles. The van der Waals surface area contributed by atoms with Gasteiger partial charge in [0.05, 0.1) is 6.61 Å². The van der Waals surface area contributed by atoms with Gasteiger partial charge in [0.1, 0.15) is 5.75 Å².